The predicted octanol–water partition coefficient (Wildman–Crippen LogP) is 3.05. The normalized spacial score (nSPS) is 13.1. The van der Waals surface area contributed by atoms with Crippen molar-refractivity contribution in [2.75, 3.05) is 20.1 Å². The maximum absolute atomic E-state index is 5.61. The van der Waals surface area contributed by atoms with Gasteiger partial charge in [-0.05, 0) is 49.7 Å². The molecule has 2 rings (SSSR count). The van der Waals surface area contributed by atoms with Crippen LogP contribution >= 0.6 is 0 Å². The molecule has 2 aromatic rings. The van der Waals surface area contributed by atoms with Gasteiger partial charge in [-0.25, -0.2) is 0 Å². The van der Waals surface area contributed by atoms with Crippen LogP contribution in [0.5, 0.6) is 0 Å². The molecule has 0 heterocycles. The van der Waals surface area contributed by atoms with Crippen LogP contribution in [-0.4, -0.2) is 31.1 Å². The largest absolute Gasteiger partial charge is 0.330 e. The molecule has 1 atom stereocenters. The Morgan fingerprint density at radius 1 is 1.11 bits per heavy atom. The summed E-state index contributed by atoms with van der Waals surface area (Å²) >= 11 is 0. The van der Waals surface area contributed by atoms with Crippen LogP contribution in [0.1, 0.15) is 18.9 Å². The molecule has 102 valence electrons. The third-order valence-corrected chi connectivity index (χ3v) is 3.90. The Labute approximate surface area is 116 Å². The minimum absolute atomic E-state index is 0.561. The molecule has 0 amide bonds. The summed E-state index contributed by atoms with van der Waals surface area (Å²) in [5.74, 6) is 0. The molecule has 0 aromatic heterocycles. The molecule has 0 aliphatic carbocycles. The van der Waals surface area contributed by atoms with Crippen molar-refractivity contribution in [1.82, 2.24) is 4.90 Å². The molecule has 0 saturated carbocycles. The van der Waals surface area contributed by atoms with E-state index in [1.54, 1.807) is 0 Å². The van der Waals surface area contributed by atoms with Gasteiger partial charge in [0.2, 0.25) is 0 Å². The van der Waals surface area contributed by atoms with E-state index in [0.717, 1.165) is 25.9 Å². The second-order valence-corrected chi connectivity index (χ2v) is 5.34. The van der Waals surface area contributed by atoms with Gasteiger partial charge in [-0.15, -0.1) is 0 Å². The molecule has 2 nitrogen and oxygen atoms in total. The van der Waals surface area contributed by atoms with E-state index in [4.69, 9.17) is 5.73 Å². The lowest BCUT2D eigenvalue weighted by Crippen LogP contribution is -2.32. The Bertz CT molecular complexity index is 521. The summed E-state index contributed by atoms with van der Waals surface area (Å²) in [5, 5.41) is 2.65. The summed E-state index contributed by atoms with van der Waals surface area (Å²) in [6, 6.07) is 15.8. The van der Waals surface area contributed by atoms with Gasteiger partial charge in [0.1, 0.15) is 0 Å². The van der Waals surface area contributed by atoms with E-state index in [0.29, 0.717) is 6.04 Å². The summed E-state index contributed by atoms with van der Waals surface area (Å²) in [6.45, 7) is 4.09. The van der Waals surface area contributed by atoms with E-state index < -0.39 is 0 Å². The van der Waals surface area contributed by atoms with E-state index in [1.807, 2.05) is 0 Å². The lowest BCUT2D eigenvalue weighted by atomic mass is 10.0. The van der Waals surface area contributed by atoms with Crippen LogP contribution in [0.2, 0.25) is 0 Å². The summed E-state index contributed by atoms with van der Waals surface area (Å²) < 4.78 is 0. The van der Waals surface area contributed by atoms with Crippen LogP contribution in [0.4, 0.5) is 0 Å². The van der Waals surface area contributed by atoms with Crippen molar-refractivity contribution in [1.29, 1.82) is 0 Å². The summed E-state index contributed by atoms with van der Waals surface area (Å²) in [4.78, 5) is 2.39. The smallest absolute Gasteiger partial charge is 0.00760 e. The number of nitrogens with two attached hydrogens (primary N) is 1. The predicted molar refractivity (Wildman–Crippen MR) is 83.4 cm³/mol. The Balaban J connectivity index is 1.98. The number of benzene rings is 2. The Kier molecular flexibility index (Phi) is 4.94. The molecule has 1 unspecified atom stereocenters. The zero-order valence-electron chi connectivity index (χ0n) is 12.0. The molecule has 0 fully saturated rings. The van der Waals surface area contributed by atoms with Crippen molar-refractivity contribution in [2.45, 2.75) is 25.8 Å². The fraction of sp³-hybridized carbons (Fsp3) is 0.412. The lowest BCUT2D eigenvalue weighted by Gasteiger charge is -2.24. The van der Waals surface area contributed by atoms with Crippen LogP contribution in [0, 0.1) is 0 Å². The van der Waals surface area contributed by atoms with Gasteiger partial charge in [-0.1, -0.05) is 42.5 Å². The number of hydrogen-bond acceptors (Lipinski definition) is 2. The average Bonchev–Trinajstić information content (AvgIpc) is 2.44. The quantitative estimate of drug-likeness (QED) is 0.860. The van der Waals surface area contributed by atoms with E-state index in [-0.39, 0.29) is 0 Å². The summed E-state index contributed by atoms with van der Waals surface area (Å²) in [6.07, 6.45) is 2.16. The highest BCUT2D eigenvalue weighted by atomic mass is 15.1. The van der Waals surface area contributed by atoms with Crippen molar-refractivity contribution >= 4 is 10.8 Å². The molecule has 0 saturated heterocycles. The summed E-state index contributed by atoms with van der Waals surface area (Å²) in [5.41, 5.74) is 7.02. The van der Waals surface area contributed by atoms with Gasteiger partial charge in [-0.3, -0.25) is 0 Å². The maximum Gasteiger partial charge on any atom is 0.00760 e. The molecular weight excluding hydrogens is 232 g/mol. The number of nitrogens with zero attached hydrogens (tertiary/aromatic N) is 1. The number of fused-ring (bicyclic) bond motifs is 1. The molecule has 0 radical (unpaired) electrons. The Morgan fingerprint density at radius 2 is 1.84 bits per heavy atom. The molecule has 0 aliphatic heterocycles. The zero-order valence-corrected chi connectivity index (χ0v) is 12.0. The van der Waals surface area contributed by atoms with Gasteiger partial charge < -0.3 is 10.6 Å². The lowest BCUT2D eigenvalue weighted by molar-refractivity contribution is 0.251. The van der Waals surface area contributed by atoms with E-state index in [2.05, 4.69) is 61.3 Å². The third kappa shape index (κ3) is 3.79. The van der Waals surface area contributed by atoms with Crippen molar-refractivity contribution in [3.63, 3.8) is 0 Å². The fourth-order valence-corrected chi connectivity index (χ4v) is 2.38. The highest BCUT2D eigenvalue weighted by molar-refractivity contribution is 5.82. The number of rotatable bonds is 6. The van der Waals surface area contributed by atoms with Crippen LogP contribution in [-0.2, 0) is 6.42 Å². The minimum atomic E-state index is 0.561. The molecule has 2 heteroatoms. The zero-order chi connectivity index (χ0) is 13.7. The van der Waals surface area contributed by atoms with Crippen molar-refractivity contribution in [3.8, 4) is 0 Å². The van der Waals surface area contributed by atoms with Crippen molar-refractivity contribution < 1.29 is 0 Å². The SMILES string of the molecule is CC(CCN)N(C)CCc1ccc2ccccc2c1. The van der Waals surface area contributed by atoms with E-state index in [9.17, 15) is 0 Å². The average molecular weight is 256 g/mol. The topological polar surface area (TPSA) is 29.3 Å². The van der Waals surface area contributed by atoms with Crippen LogP contribution in [0.3, 0.4) is 0 Å². The first-order valence-electron chi connectivity index (χ1n) is 7.08. The molecule has 0 aliphatic rings. The van der Waals surface area contributed by atoms with Crippen LogP contribution < -0.4 is 5.73 Å². The minimum Gasteiger partial charge on any atom is -0.330 e. The third-order valence-electron chi connectivity index (χ3n) is 3.90. The second-order valence-electron chi connectivity index (χ2n) is 5.34. The maximum atomic E-state index is 5.61. The molecule has 0 spiro atoms. The van der Waals surface area contributed by atoms with Gasteiger partial charge in [0.05, 0.1) is 0 Å². The van der Waals surface area contributed by atoms with Gasteiger partial charge in [0.15, 0.2) is 0 Å². The van der Waals surface area contributed by atoms with Crippen LogP contribution in [0.15, 0.2) is 42.5 Å². The van der Waals surface area contributed by atoms with Gasteiger partial charge >= 0.3 is 0 Å². The number of likely N-dealkylation sites (N-methyl/N-ethyl adjacent to an activating group) is 1. The highest BCUT2D eigenvalue weighted by Gasteiger charge is 2.07. The Hall–Kier alpha value is -1.38. The summed E-state index contributed by atoms with van der Waals surface area (Å²) in [7, 11) is 2.18. The van der Waals surface area contributed by atoms with Crippen LogP contribution in [0.25, 0.3) is 10.8 Å². The molecule has 2 aromatic carbocycles. The first kappa shape index (κ1) is 14.0. The fourth-order valence-electron chi connectivity index (χ4n) is 2.38. The standard InChI is InChI=1S/C17H24N2/c1-14(9-11-18)19(2)12-10-15-7-8-16-5-3-4-6-17(16)13-15/h3-8,13-14H,9-12,18H2,1-2H3. The molecule has 2 N–H and O–H groups in total. The van der Waals surface area contributed by atoms with E-state index >= 15 is 0 Å². The molecule has 0 bridgehead atoms. The first-order valence-corrected chi connectivity index (χ1v) is 7.08. The van der Waals surface area contributed by atoms with Crippen molar-refractivity contribution in [3.05, 3.63) is 48.0 Å². The van der Waals surface area contributed by atoms with Gasteiger partial charge in [0.25, 0.3) is 0 Å². The van der Waals surface area contributed by atoms with E-state index in [1.165, 1.54) is 16.3 Å². The van der Waals surface area contributed by atoms with Gasteiger partial charge in [0, 0.05) is 12.6 Å². The molecule has 19 heavy (non-hydrogen) atoms. The Morgan fingerprint density at radius 3 is 2.58 bits per heavy atom. The van der Waals surface area contributed by atoms with Gasteiger partial charge in [-0.2, -0.15) is 0 Å². The molecular formula is C17H24N2. The van der Waals surface area contributed by atoms with Crippen molar-refractivity contribution in [2.24, 2.45) is 5.73 Å². The monoisotopic (exact) mass is 256 g/mol. The second kappa shape index (κ2) is 6.69. The first-order chi connectivity index (χ1) is 9.20. The number of hydrogen-bond donors (Lipinski definition) is 1. The highest BCUT2D eigenvalue weighted by Crippen LogP contribution is 2.16.